The first-order valence-corrected chi connectivity index (χ1v) is 11.7. The number of ether oxygens (including phenoxy) is 2. The molecule has 0 saturated heterocycles. The Hall–Kier alpha value is -4.23. The predicted molar refractivity (Wildman–Crippen MR) is 135 cm³/mol. The molecule has 1 amide bonds. The molecule has 3 aromatic rings. The molecule has 1 aliphatic heterocycles. The van der Waals surface area contributed by atoms with Crippen molar-refractivity contribution in [2.24, 2.45) is 0 Å². The van der Waals surface area contributed by atoms with Crippen molar-refractivity contribution in [3.05, 3.63) is 101 Å². The number of ketones is 2. The lowest BCUT2D eigenvalue weighted by atomic mass is 9.97. The molecule has 0 spiro atoms. The van der Waals surface area contributed by atoms with Gasteiger partial charge in [0.05, 0.1) is 6.04 Å². The van der Waals surface area contributed by atoms with Crippen molar-refractivity contribution in [2.75, 3.05) is 13.4 Å². The summed E-state index contributed by atoms with van der Waals surface area (Å²) in [4.78, 5) is 37.5. The number of nitrogens with one attached hydrogen (secondary N) is 1. The summed E-state index contributed by atoms with van der Waals surface area (Å²) in [6.45, 7) is -0.389. The first kappa shape index (κ1) is 24.9. The molecule has 0 bridgehead atoms. The van der Waals surface area contributed by atoms with Crippen LogP contribution in [-0.2, 0) is 22.4 Å². The molecule has 0 aromatic heterocycles. The van der Waals surface area contributed by atoms with E-state index in [9.17, 15) is 14.4 Å². The fourth-order valence-corrected chi connectivity index (χ4v) is 3.90. The van der Waals surface area contributed by atoms with Crippen molar-refractivity contribution in [3.63, 3.8) is 0 Å². The molecule has 1 heterocycles. The second kappa shape index (κ2) is 12.0. The van der Waals surface area contributed by atoms with Gasteiger partial charge in [0.15, 0.2) is 23.1 Å². The fourth-order valence-electron chi connectivity index (χ4n) is 3.90. The Balaban J connectivity index is 1.42. The summed E-state index contributed by atoms with van der Waals surface area (Å²) in [5.74, 6) is 0.409. The molecular formula is C29H27NO6. The Bertz CT molecular complexity index is 1250. The van der Waals surface area contributed by atoms with E-state index in [4.69, 9.17) is 14.6 Å². The number of carbonyl (C=O) groups excluding carboxylic acids is 3. The first-order chi connectivity index (χ1) is 17.5. The second-order valence-corrected chi connectivity index (χ2v) is 8.45. The summed E-state index contributed by atoms with van der Waals surface area (Å²) >= 11 is 0. The Morgan fingerprint density at radius 3 is 2.42 bits per heavy atom. The third-order valence-corrected chi connectivity index (χ3v) is 5.89. The van der Waals surface area contributed by atoms with Gasteiger partial charge >= 0.3 is 0 Å². The lowest BCUT2D eigenvalue weighted by Gasteiger charge is -2.17. The van der Waals surface area contributed by atoms with E-state index in [1.165, 1.54) is 6.08 Å². The van der Waals surface area contributed by atoms with E-state index in [0.29, 0.717) is 29.9 Å². The molecule has 7 nitrogen and oxygen atoms in total. The largest absolute Gasteiger partial charge is 0.454 e. The van der Waals surface area contributed by atoms with Crippen LogP contribution < -0.4 is 14.8 Å². The highest BCUT2D eigenvalue weighted by atomic mass is 16.7. The van der Waals surface area contributed by atoms with Crippen LogP contribution in [0.1, 0.15) is 33.5 Å². The average molecular weight is 486 g/mol. The maximum absolute atomic E-state index is 13.2. The molecule has 3 aromatic carbocycles. The minimum Gasteiger partial charge on any atom is -0.454 e. The van der Waals surface area contributed by atoms with Crippen LogP contribution in [-0.4, -0.2) is 42.0 Å². The lowest BCUT2D eigenvalue weighted by Crippen LogP contribution is -2.41. The van der Waals surface area contributed by atoms with Gasteiger partial charge in [-0.3, -0.25) is 14.4 Å². The average Bonchev–Trinajstić information content (AvgIpc) is 3.38. The maximum Gasteiger partial charge on any atom is 0.244 e. The number of aliphatic hydroxyl groups excluding tert-OH is 1. The number of hydrogen-bond acceptors (Lipinski definition) is 6. The standard InChI is InChI=1S/C29H27NO6/c31-18-26(33)23-11-6-21(7-12-23)16-25(32)24(13-8-20-4-2-1-3-5-20)30-29(34)15-10-22-9-14-27-28(17-22)36-19-35-27/h1-7,9-12,14-15,17,24,31H,8,13,16,18-19H2,(H,30,34)/b15-10+/t24-/m0/s1. The summed E-state index contributed by atoms with van der Waals surface area (Å²) in [7, 11) is 0. The van der Waals surface area contributed by atoms with Crippen LogP contribution in [0.3, 0.4) is 0 Å². The third-order valence-electron chi connectivity index (χ3n) is 5.89. The van der Waals surface area contributed by atoms with Crippen molar-refractivity contribution in [3.8, 4) is 11.5 Å². The summed E-state index contributed by atoms with van der Waals surface area (Å²) in [6.07, 6.45) is 4.25. The Kier molecular flexibility index (Phi) is 8.26. The monoisotopic (exact) mass is 485 g/mol. The van der Waals surface area contributed by atoms with E-state index in [1.54, 1.807) is 42.5 Å². The molecule has 0 radical (unpaired) electrons. The SMILES string of the molecule is O=C(/C=C/c1ccc2c(c1)OCO2)N[C@@H](CCc1ccccc1)C(=O)Cc1ccc(C(=O)CO)cc1. The zero-order chi connectivity index (χ0) is 25.3. The van der Waals surface area contributed by atoms with Crippen LogP contribution in [0.15, 0.2) is 78.9 Å². The van der Waals surface area contributed by atoms with Crippen LogP contribution in [0.5, 0.6) is 11.5 Å². The molecule has 0 fully saturated rings. The van der Waals surface area contributed by atoms with Gasteiger partial charge in [-0.15, -0.1) is 0 Å². The molecule has 1 atom stereocenters. The molecule has 0 unspecified atom stereocenters. The smallest absolute Gasteiger partial charge is 0.244 e. The molecule has 1 aliphatic rings. The summed E-state index contributed by atoms with van der Waals surface area (Å²) in [5, 5.41) is 11.9. The molecule has 0 aliphatic carbocycles. The van der Waals surface area contributed by atoms with E-state index in [2.05, 4.69) is 5.32 Å². The molecule has 7 heteroatoms. The number of carbonyl (C=O) groups is 3. The lowest BCUT2D eigenvalue weighted by molar-refractivity contribution is -0.125. The molecule has 4 rings (SSSR count). The van der Waals surface area contributed by atoms with Crippen molar-refractivity contribution >= 4 is 23.5 Å². The molecular weight excluding hydrogens is 458 g/mol. The van der Waals surface area contributed by atoms with Crippen LogP contribution in [0.2, 0.25) is 0 Å². The molecule has 184 valence electrons. The van der Waals surface area contributed by atoms with Crippen molar-refractivity contribution in [1.29, 1.82) is 0 Å². The van der Waals surface area contributed by atoms with E-state index in [-0.39, 0.29) is 30.7 Å². The Morgan fingerprint density at radius 1 is 0.917 bits per heavy atom. The molecule has 36 heavy (non-hydrogen) atoms. The minimum absolute atomic E-state index is 0.110. The number of aliphatic hydroxyl groups is 1. The number of fused-ring (bicyclic) bond motifs is 1. The fraction of sp³-hybridized carbons (Fsp3) is 0.207. The Morgan fingerprint density at radius 2 is 1.67 bits per heavy atom. The van der Waals surface area contributed by atoms with E-state index < -0.39 is 12.6 Å². The van der Waals surface area contributed by atoms with Crippen molar-refractivity contribution in [2.45, 2.75) is 25.3 Å². The topological polar surface area (TPSA) is 102 Å². The number of amides is 1. The zero-order valence-electron chi connectivity index (χ0n) is 19.7. The first-order valence-electron chi connectivity index (χ1n) is 11.7. The van der Waals surface area contributed by atoms with E-state index >= 15 is 0 Å². The highest BCUT2D eigenvalue weighted by Gasteiger charge is 2.20. The number of aryl methyl sites for hydroxylation is 1. The summed E-state index contributed by atoms with van der Waals surface area (Å²) < 4.78 is 10.7. The minimum atomic E-state index is -0.683. The second-order valence-electron chi connectivity index (χ2n) is 8.45. The predicted octanol–water partition coefficient (Wildman–Crippen LogP) is 3.53. The summed E-state index contributed by atoms with van der Waals surface area (Å²) in [6, 6.07) is 21.0. The number of rotatable bonds is 11. The van der Waals surface area contributed by atoms with Gasteiger partial charge < -0.3 is 19.9 Å². The van der Waals surface area contributed by atoms with Crippen molar-refractivity contribution in [1.82, 2.24) is 5.32 Å². The highest BCUT2D eigenvalue weighted by molar-refractivity contribution is 5.98. The number of benzene rings is 3. The van der Waals surface area contributed by atoms with Gasteiger partial charge in [0, 0.05) is 18.1 Å². The van der Waals surface area contributed by atoms with Crippen LogP contribution in [0.25, 0.3) is 6.08 Å². The van der Waals surface area contributed by atoms with Crippen LogP contribution in [0, 0.1) is 0 Å². The highest BCUT2D eigenvalue weighted by Crippen LogP contribution is 2.32. The van der Waals surface area contributed by atoms with Gasteiger partial charge in [0.25, 0.3) is 0 Å². The van der Waals surface area contributed by atoms with Gasteiger partial charge in [-0.05, 0) is 47.7 Å². The van der Waals surface area contributed by atoms with Gasteiger partial charge in [0.1, 0.15) is 6.61 Å². The number of Topliss-reactive ketones (excluding diaryl/α,β-unsaturated/α-hetero) is 2. The van der Waals surface area contributed by atoms with Gasteiger partial charge in [-0.1, -0.05) is 60.7 Å². The van der Waals surface area contributed by atoms with Crippen molar-refractivity contribution < 1.29 is 29.0 Å². The van der Waals surface area contributed by atoms with E-state index in [1.807, 2.05) is 36.4 Å². The maximum atomic E-state index is 13.2. The zero-order valence-corrected chi connectivity index (χ0v) is 19.7. The van der Waals surface area contributed by atoms with Crippen LogP contribution >= 0.6 is 0 Å². The van der Waals surface area contributed by atoms with E-state index in [0.717, 1.165) is 16.7 Å². The van der Waals surface area contributed by atoms with Gasteiger partial charge in [0.2, 0.25) is 12.7 Å². The van der Waals surface area contributed by atoms with Gasteiger partial charge in [-0.25, -0.2) is 0 Å². The Labute approximate surface area is 209 Å². The third kappa shape index (κ3) is 6.67. The molecule has 0 saturated carbocycles. The van der Waals surface area contributed by atoms with Gasteiger partial charge in [-0.2, -0.15) is 0 Å². The molecule has 2 N–H and O–H groups in total. The number of hydrogen-bond donors (Lipinski definition) is 2. The summed E-state index contributed by atoms with van der Waals surface area (Å²) in [5.41, 5.74) is 2.96. The normalized spacial score (nSPS) is 12.9. The van der Waals surface area contributed by atoms with Crippen LogP contribution in [0.4, 0.5) is 0 Å². The quantitative estimate of drug-likeness (QED) is 0.318.